The fraction of sp³-hybridized carbons (Fsp3) is 0.179. The third-order valence-corrected chi connectivity index (χ3v) is 5.69. The molecular formula is C28H25NO7. The smallest absolute Gasteiger partial charge is 0.361 e. The molecule has 3 aromatic carbocycles. The second kappa shape index (κ2) is 9.95. The average molecular weight is 488 g/mol. The van der Waals surface area contributed by atoms with Gasteiger partial charge < -0.3 is 24.3 Å². The number of carbonyl (C=O) groups excluding carboxylic acids is 3. The maximum atomic E-state index is 13.8. The number of hydrogen-bond acceptors (Lipinski definition) is 8. The number of benzene rings is 3. The Balaban J connectivity index is 1.86. The van der Waals surface area contributed by atoms with E-state index in [1.54, 1.807) is 44.2 Å². The highest BCUT2D eigenvalue weighted by Gasteiger charge is 2.35. The van der Waals surface area contributed by atoms with E-state index in [1.807, 2.05) is 19.1 Å². The highest BCUT2D eigenvalue weighted by Crippen LogP contribution is 2.34. The molecule has 0 unspecified atom stereocenters. The van der Waals surface area contributed by atoms with Crippen LogP contribution >= 0.6 is 0 Å². The molecule has 3 aromatic rings. The standard InChI is InChI=1S/C28H25NO7/c1-15-12-16(2)26(17(3)13-15)36-27(31)23(24-28(32)35-21-9-7-6-8-20(21)29-24)25(30)19-11-10-18(33-4)14-22(19)34-5/h6-14,29H,1-5H3. The molecule has 36 heavy (non-hydrogen) atoms. The number of anilines is 1. The molecule has 1 N–H and O–H groups in total. The van der Waals surface area contributed by atoms with Crippen LogP contribution < -0.4 is 24.3 Å². The maximum absolute atomic E-state index is 13.8. The molecule has 0 saturated heterocycles. The van der Waals surface area contributed by atoms with E-state index in [9.17, 15) is 14.4 Å². The Kier molecular flexibility index (Phi) is 6.78. The molecule has 4 rings (SSSR count). The lowest BCUT2D eigenvalue weighted by molar-refractivity contribution is -0.133. The lowest BCUT2D eigenvalue weighted by Crippen LogP contribution is -2.31. The van der Waals surface area contributed by atoms with Crippen molar-refractivity contribution in [2.24, 2.45) is 0 Å². The summed E-state index contributed by atoms with van der Waals surface area (Å²) in [5.41, 5.74) is 2.05. The normalized spacial score (nSPS) is 13.6. The monoisotopic (exact) mass is 487 g/mol. The Labute approximate surface area is 208 Å². The van der Waals surface area contributed by atoms with Crippen LogP contribution in [0.15, 0.2) is 65.9 Å². The minimum absolute atomic E-state index is 0.0450. The van der Waals surface area contributed by atoms with Crippen LogP contribution in [0.2, 0.25) is 0 Å². The number of fused-ring (bicyclic) bond motifs is 1. The van der Waals surface area contributed by atoms with Gasteiger partial charge in [-0.3, -0.25) is 4.79 Å². The van der Waals surface area contributed by atoms with Crippen molar-refractivity contribution >= 4 is 23.4 Å². The topological polar surface area (TPSA) is 100 Å². The van der Waals surface area contributed by atoms with Crippen LogP contribution in [0.5, 0.6) is 23.0 Å². The number of esters is 2. The first-order chi connectivity index (χ1) is 17.2. The van der Waals surface area contributed by atoms with Gasteiger partial charge in [0.2, 0.25) is 5.78 Å². The zero-order chi connectivity index (χ0) is 26.0. The largest absolute Gasteiger partial charge is 0.497 e. The van der Waals surface area contributed by atoms with Crippen LogP contribution in [0.25, 0.3) is 0 Å². The van der Waals surface area contributed by atoms with E-state index in [1.165, 1.54) is 26.4 Å². The summed E-state index contributed by atoms with van der Waals surface area (Å²) in [4.78, 5) is 40.4. The highest BCUT2D eigenvalue weighted by atomic mass is 16.5. The third kappa shape index (κ3) is 4.65. The van der Waals surface area contributed by atoms with Crippen molar-refractivity contribution in [1.29, 1.82) is 0 Å². The number of rotatable bonds is 6. The van der Waals surface area contributed by atoms with Crippen molar-refractivity contribution in [1.82, 2.24) is 0 Å². The molecule has 0 spiro atoms. The molecule has 8 nitrogen and oxygen atoms in total. The number of methoxy groups -OCH3 is 2. The number of carbonyl (C=O) groups is 3. The van der Waals surface area contributed by atoms with Crippen molar-refractivity contribution < 1.29 is 33.3 Å². The van der Waals surface area contributed by atoms with Crippen LogP contribution in [0.3, 0.4) is 0 Å². The van der Waals surface area contributed by atoms with E-state index in [0.29, 0.717) is 28.3 Å². The minimum Gasteiger partial charge on any atom is -0.497 e. The molecule has 0 fully saturated rings. The van der Waals surface area contributed by atoms with Gasteiger partial charge in [0.05, 0.1) is 25.5 Å². The molecule has 0 bridgehead atoms. The van der Waals surface area contributed by atoms with Gasteiger partial charge in [0.25, 0.3) is 0 Å². The first kappa shape index (κ1) is 24.5. The van der Waals surface area contributed by atoms with Crippen LogP contribution in [0.4, 0.5) is 5.69 Å². The van der Waals surface area contributed by atoms with Gasteiger partial charge >= 0.3 is 11.9 Å². The molecule has 0 atom stereocenters. The van der Waals surface area contributed by atoms with Gasteiger partial charge in [-0.25, -0.2) is 9.59 Å². The van der Waals surface area contributed by atoms with E-state index in [-0.39, 0.29) is 22.8 Å². The number of hydrogen-bond donors (Lipinski definition) is 1. The minimum atomic E-state index is -1.01. The second-order valence-electron chi connectivity index (χ2n) is 8.27. The Hall–Kier alpha value is -4.59. The van der Waals surface area contributed by atoms with E-state index in [2.05, 4.69) is 5.32 Å². The number of Topliss-reactive ketones (excluding diaryl/α,β-unsaturated/α-hetero) is 1. The zero-order valence-electron chi connectivity index (χ0n) is 20.6. The van der Waals surface area contributed by atoms with Crippen LogP contribution in [-0.2, 0) is 9.59 Å². The van der Waals surface area contributed by atoms with Gasteiger partial charge in [0.15, 0.2) is 5.75 Å². The van der Waals surface area contributed by atoms with E-state index in [4.69, 9.17) is 18.9 Å². The molecule has 0 amide bonds. The van der Waals surface area contributed by atoms with Crippen molar-refractivity contribution in [3.05, 3.63) is 88.1 Å². The van der Waals surface area contributed by atoms with E-state index >= 15 is 0 Å². The van der Waals surface area contributed by atoms with E-state index < -0.39 is 23.3 Å². The van der Waals surface area contributed by atoms with Crippen LogP contribution in [0.1, 0.15) is 27.0 Å². The van der Waals surface area contributed by atoms with Crippen LogP contribution in [-0.4, -0.2) is 31.9 Å². The third-order valence-electron chi connectivity index (χ3n) is 5.69. The highest BCUT2D eigenvalue weighted by molar-refractivity contribution is 6.29. The number of aryl methyl sites for hydroxylation is 3. The molecule has 184 valence electrons. The molecule has 0 aromatic heterocycles. The second-order valence-corrected chi connectivity index (χ2v) is 8.27. The van der Waals surface area contributed by atoms with Crippen molar-refractivity contribution in [3.8, 4) is 23.0 Å². The average Bonchev–Trinajstić information content (AvgIpc) is 2.86. The molecule has 0 aliphatic carbocycles. The quantitative estimate of drug-likeness (QED) is 0.133. The summed E-state index contributed by atoms with van der Waals surface area (Å²) in [6, 6.07) is 14.9. The summed E-state index contributed by atoms with van der Waals surface area (Å²) in [7, 11) is 2.87. The molecule has 0 radical (unpaired) electrons. The number of nitrogens with one attached hydrogen (secondary N) is 1. The van der Waals surface area contributed by atoms with Gasteiger partial charge in [-0.1, -0.05) is 29.8 Å². The molecule has 1 heterocycles. The first-order valence-electron chi connectivity index (χ1n) is 11.1. The predicted octanol–water partition coefficient (Wildman–Crippen LogP) is 4.70. The van der Waals surface area contributed by atoms with Gasteiger partial charge in [-0.05, 0) is 56.2 Å². The summed E-state index contributed by atoms with van der Waals surface area (Å²) >= 11 is 0. The predicted molar refractivity (Wildman–Crippen MR) is 133 cm³/mol. The number of ketones is 1. The summed E-state index contributed by atoms with van der Waals surface area (Å²) < 4.78 is 21.7. The summed E-state index contributed by atoms with van der Waals surface area (Å²) in [6.45, 7) is 5.53. The fourth-order valence-electron chi connectivity index (χ4n) is 4.06. The zero-order valence-corrected chi connectivity index (χ0v) is 20.6. The lowest BCUT2D eigenvalue weighted by atomic mass is 9.99. The summed E-state index contributed by atoms with van der Waals surface area (Å²) in [5, 5.41) is 2.88. The first-order valence-corrected chi connectivity index (χ1v) is 11.1. The fourth-order valence-corrected chi connectivity index (χ4v) is 4.06. The number of ether oxygens (including phenoxy) is 4. The molecule has 0 saturated carbocycles. The summed E-state index contributed by atoms with van der Waals surface area (Å²) in [5.74, 6) is -1.47. The van der Waals surface area contributed by atoms with Gasteiger partial charge in [-0.2, -0.15) is 0 Å². The molecule has 8 heteroatoms. The Morgan fingerprint density at radius 1 is 0.889 bits per heavy atom. The Morgan fingerprint density at radius 3 is 2.25 bits per heavy atom. The Morgan fingerprint density at radius 2 is 1.58 bits per heavy atom. The van der Waals surface area contributed by atoms with Crippen molar-refractivity contribution in [3.63, 3.8) is 0 Å². The van der Waals surface area contributed by atoms with Gasteiger partial charge in [0, 0.05) is 6.07 Å². The molecular weight excluding hydrogens is 462 g/mol. The summed E-state index contributed by atoms with van der Waals surface area (Å²) in [6.07, 6.45) is 0. The van der Waals surface area contributed by atoms with Crippen molar-refractivity contribution in [2.45, 2.75) is 20.8 Å². The van der Waals surface area contributed by atoms with E-state index in [0.717, 1.165) is 5.56 Å². The molecule has 1 aliphatic rings. The molecule has 1 aliphatic heterocycles. The maximum Gasteiger partial charge on any atom is 0.361 e. The Bertz CT molecular complexity index is 1400. The lowest BCUT2D eigenvalue weighted by Gasteiger charge is -2.22. The SMILES string of the molecule is COc1ccc(C(=O)C(C(=O)Oc2c(C)cc(C)cc2C)=C2Nc3ccccc3OC2=O)c(OC)c1. The van der Waals surface area contributed by atoms with Gasteiger partial charge in [-0.15, -0.1) is 0 Å². The van der Waals surface area contributed by atoms with Gasteiger partial charge in [0.1, 0.15) is 28.5 Å². The number of para-hydroxylation sites is 2. The van der Waals surface area contributed by atoms with Crippen molar-refractivity contribution in [2.75, 3.05) is 19.5 Å². The van der Waals surface area contributed by atoms with Crippen LogP contribution in [0, 0.1) is 20.8 Å².